The molecule has 3 unspecified atom stereocenters. The summed E-state index contributed by atoms with van der Waals surface area (Å²) in [7, 11) is 1.00. The van der Waals surface area contributed by atoms with Crippen LogP contribution in [0.4, 0.5) is 0 Å². The molecule has 1 heteroatoms. The molecule has 2 bridgehead atoms. The van der Waals surface area contributed by atoms with Gasteiger partial charge < -0.3 is 5.11 Å². The maximum Gasteiger partial charge on any atom is 0.0319 e. The summed E-state index contributed by atoms with van der Waals surface area (Å²) >= 11 is 0. The number of hydrogen-bond acceptors (Lipinski definition) is 1. The Morgan fingerprint density at radius 3 is 1.53 bits per heavy atom. The van der Waals surface area contributed by atoms with Crippen molar-refractivity contribution in [1.29, 1.82) is 0 Å². The molecule has 2 aliphatic carbocycles. The van der Waals surface area contributed by atoms with Crippen molar-refractivity contribution in [3.63, 3.8) is 0 Å². The van der Waals surface area contributed by atoms with Crippen molar-refractivity contribution in [1.82, 2.24) is 0 Å². The van der Waals surface area contributed by atoms with Crippen molar-refractivity contribution in [3.8, 4) is 0 Å². The Kier molecular flexibility index (Phi) is 15.9. The minimum atomic E-state index is 0.456. The highest BCUT2D eigenvalue weighted by Gasteiger charge is 2.50. The van der Waals surface area contributed by atoms with Crippen LogP contribution in [0.1, 0.15) is 75.2 Å². The van der Waals surface area contributed by atoms with Gasteiger partial charge in [-0.3, -0.25) is 0 Å². The van der Waals surface area contributed by atoms with E-state index in [-0.39, 0.29) is 0 Å². The summed E-state index contributed by atoms with van der Waals surface area (Å²) in [6, 6.07) is 0. The van der Waals surface area contributed by atoms with Crippen molar-refractivity contribution in [2.24, 2.45) is 23.2 Å². The lowest BCUT2D eigenvalue weighted by Gasteiger charge is -2.34. The van der Waals surface area contributed by atoms with Crippen molar-refractivity contribution >= 4 is 0 Å². The van der Waals surface area contributed by atoms with E-state index in [2.05, 4.69) is 27.4 Å². The lowest BCUT2D eigenvalue weighted by molar-refractivity contribution is 0.255. The first-order valence-corrected chi connectivity index (χ1v) is 8.17. The third kappa shape index (κ3) is 5.69. The van der Waals surface area contributed by atoms with Crippen LogP contribution in [-0.2, 0) is 0 Å². The second kappa shape index (κ2) is 12.7. The number of aliphatic hydroxyl groups is 1. The zero-order valence-corrected chi connectivity index (χ0v) is 15.3. The summed E-state index contributed by atoms with van der Waals surface area (Å²) in [5.74, 6) is 2.71. The van der Waals surface area contributed by atoms with Crippen LogP contribution in [0.25, 0.3) is 0 Å². The monoisotopic (exact) mass is 272 g/mol. The molecule has 3 atom stereocenters. The molecule has 2 fully saturated rings. The molecule has 0 aromatic heterocycles. The first kappa shape index (κ1) is 23.8. The average Bonchev–Trinajstić information content (AvgIpc) is 2.97. The fourth-order valence-corrected chi connectivity index (χ4v) is 3.06. The Morgan fingerprint density at radius 1 is 0.947 bits per heavy atom. The molecule has 2 saturated carbocycles. The van der Waals surface area contributed by atoms with Gasteiger partial charge in [-0.2, -0.15) is 0 Å². The Hall–Kier alpha value is -0.300. The highest BCUT2D eigenvalue weighted by molar-refractivity contribution is 5.24. The van der Waals surface area contributed by atoms with Gasteiger partial charge in [0.05, 0.1) is 0 Å². The van der Waals surface area contributed by atoms with Gasteiger partial charge in [0.25, 0.3) is 0 Å². The molecule has 0 aromatic rings. The molecule has 0 aromatic carbocycles. The summed E-state index contributed by atoms with van der Waals surface area (Å²) in [4.78, 5) is 0. The quantitative estimate of drug-likeness (QED) is 0.542. The largest absolute Gasteiger partial charge is 0.400 e. The number of fused-ring (bicyclic) bond motifs is 2. The van der Waals surface area contributed by atoms with Crippen molar-refractivity contribution in [2.45, 2.75) is 75.2 Å². The van der Waals surface area contributed by atoms with Gasteiger partial charge in [0.2, 0.25) is 0 Å². The van der Waals surface area contributed by atoms with Crippen molar-refractivity contribution < 1.29 is 5.11 Å². The Morgan fingerprint density at radius 2 is 1.32 bits per heavy atom. The summed E-state index contributed by atoms with van der Waals surface area (Å²) < 4.78 is 0. The van der Waals surface area contributed by atoms with Gasteiger partial charge in [0, 0.05) is 7.11 Å². The topological polar surface area (TPSA) is 20.2 Å². The van der Waals surface area contributed by atoms with Crippen molar-refractivity contribution in [3.05, 3.63) is 12.2 Å². The summed E-state index contributed by atoms with van der Waals surface area (Å²) in [5, 5.41) is 7.00. The maximum absolute atomic E-state index is 7.00. The van der Waals surface area contributed by atoms with E-state index in [0.717, 1.165) is 24.9 Å². The highest BCUT2D eigenvalue weighted by Crippen LogP contribution is 2.60. The molecule has 0 saturated heterocycles. The van der Waals surface area contributed by atoms with E-state index in [1.165, 1.54) is 18.4 Å². The van der Waals surface area contributed by atoms with Gasteiger partial charge in [-0.25, -0.2) is 0 Å². The number of hydrogen-bond donors (Lipinski definition) is 1. The molecule has 0 aliphatic heterocycles. The number of allylic oxidation sites excluding steroid dienone is 1. The molecule has 2 aliphatic rings. The predicted octanol–water partition coefficient (Wildman–Crippen LogP) is 5.93. The van der Waals surface area contributed by atoms with Gasteiger partial charge >= 0.3 is 0 Å². The standard InChI is InChI=1S/C11H18.3C2H6.CH4O/c1-7-5-9-6-10(7)8(2)11(9,3)4;4*1-2/h7,9-10H,2,5-6H2,1,3-4H3;3*1-2H3;2H,1H3. The minimum absolute atomic E-state index is 0.456. The predicted molar refractivity (Wildman–Crippen MR) is 90.5 cm³/mol. The Balaban J connectivity index is -0.000000278. The zero-order valence-electron chi connectivity index (χ0n) is 15.3. The number of rotatable bonds is 0. The molecule has 0 spiro atoms. The van der Waals surface area contributed by atoms with Crippen LogP contribution >= 0.6 is 0 Å². The second-order valence-corrected chi connectivity index (χ2v) is 5.00. The molecular formula is C18H40O. The van der Waals surface area contributed by atoms with Crippen LogP contribution in [0.2, 0.25) is 0 Å². The normalized spacial score (nSPS) is 28.4. The summed E-state index contributed by atoms with van der Waals surface area (Å²) in [6.45, 7) is 23.4. The first-order chi connectivity index (χ1) is 9.03. The van der Waals surface area contributed by atoms with Gasteiger partial charge in [-0.1, -0.05) is 74.5 Å². The van der Waals surface area contributed by atoms with Crippen LogP contribution in [0.15, 0.2) is 12.2 Å². The third-order valence-electron chi connectivity index (χ3n) is 4.18. The van der Waals surface area contributed by atoms with E-state index in [1.54, 1.807) is 0 Å². The minimum Gasteiger partial charge on any atom is -0.400 e. The lowest BCUT2D eigenvalue weighted by Crippen LogP contribution is -2.25. The van der Waals surface area contributed by atoms with Crippen LogP contribution in [0.3, 0.4) is 0 Å². The Bertz CT molecular complexity index is 206. The molecule has 1 nitrogen and oxygen atoms in total. The zero-order chi connectivity index (χ0) is 16.2. The van der Waals surface area contributed by atoms with Gasteiger partial charge in [0.1, 0.15) is 0 Å². The number of aliphatic hydroxyl groups excluding tert-OH is 1. The van der Waals surface area contributed by atoms with E-state index >= 15 is 0 Å². The molecule has 1 N–H and O–H groups in total. The SMILES string of the molecule is C=C1C2CC(CC2C)C1(C)C.CC.CC.CC.CO. The van der Waals surface area contributed by atoms with E-state index in [4.69, 9.17) is 5.11 Å². The van der Waals surface area contributed by atoms with Crippen molar-refractivity contribution in [2.75, 3.05) is 7.11 Å². The summed E-state index contributed by atoms with van der Waals surface area (Å²) in [6.07, 6.45) is 2.86. The molecule has 0 amide bonds. The molecular weight excluding hydrogens is 232 g/mol. The molecule has 19 heavy (non-hydrogen) atoms. The maximum atomic E-state index is 7.00. The lowest BCUT2D eigenvalue weighted by atomic mass is 9.70. The van der Waals surface area contributed by atoms with Crippen LogP contribution in [0.5, 0.6) is 0 Å². The highest BCUT2D eigenvalue weighted by atomic mass is 16.2. The van der Waals surface area contributed by atoms with Gasteiger partial charge in [0.15, 0.2) is 0 Å². The second-order valence-electron chi connectivity index (χ2n) is 5.00. The molecule has 0 heterocycles. The fraction of sp³-hybridized carbons (Fsp3) is 0.889. The van der Waals surface area contributed by atoms with Crippen LogP contribution < -0.4 is 0 Å². The average molecular weight is 273 g/mol. The summed E-state index contributed by atoms with van der Waals surface area (Å²) in [5.41, 5.74) is 1.98. The van der Waals surface area contributed by atoms with Gasteiger partial charge in [-0.15, -0.1) is 0 Å². The van der Waals surface area contributed by atoms with Gasteiger partial charge in [-0.05, 0) is 36.0 Å². The van der Waals surface area contributed by atoms with E-state index in [9.17, 15) is 0 Å². The third-order valence-corrected chi connectivity index (χ3v) is 4.18. The van der Waals surface area contributed by atoms with E-state index in [0.29, 0.717) is 5.41 Å². The molecule has 118 valence electrons. The Labute approximate surface area is 123 Å². The molecule has 2 rings (SSSR count). The molecule has 0 radical (unpaired) electrons. The van der Waals surface area contributed by atoms with E-state index in [1.807, 2.05) is 41.5 Å². The first-order valence-electron chi connectivity index (χ1n) is 8.17. The fourth-order valence-electron chi connectivity index (χ4n) is 3.06. The van der Waals surface area contributed by atoms with Crippen LogP contribution in [0, 0.1) is 23.2 Å². The smallest absolute Gasteiger partial charge is 0.0319 e. The van der Waals surface area contributed by atoms with Crippen LogP contribution in [-0.4, -0.2) is 12.2 Å². The van der Waals surface area contributed by atoms with E-state index < -0.39 is 0 Å².